The van der Waals surface area contributed by atoms with Gasteiger partial charge in [0.05, 0.1) is 0 Å². The van der Waals surface area contributed by atoms with Gasteiger partial charge in [-0.1, -0.05) is 26.0 Å². The van der Waals surface area contributed by atoms with Crippen LogP contribution in [0.2, 0.25) is 0 Å². The van der Waals surface area contributed by atoms with E-state index in [9.17, 15) is 9.59 Å². The van der Waals surface area contributed by atoms with Crippen molar-refractivity contribution in [2.45, 2.75) is 33.9 Å². The monoisotopic (exact) mass is 222 g/mol. The molecular formula is C12H18N2O2. The molecule has 0 spiro atoms. The lowest BCUT2D eigenvalue weighted by Gasteiger charge is -2.10. The van der Waals surface area contributed by atoms with Crippen molar-refractivity contribution in [3.05, 3.63) is 45.3 Å². The van der Waals surface area contributed by atoms with Crippen LogP contribution < -0.4 is 11.1 Å². The van der Waals surface area contributed by atoms with Crippen LogP contribution in [0, 0.1) is 5.92 Å². The molecule has 0 aliphatic carbocycles. The number of nitrogens with zero attached hydrogens (tertiary/aromatic N) is 2. The molecule has 16 heavy (non-hydrogen) atoms. The van der Waals surface area contributed by atoms with E-state index in [1.807, 2.05) is 20.8 Å². The van der Waals surface area contributed by atoms with Gasteiger partial charge in [0.25, 0.3) is 0 Å². The zero-order valence-corrected chi connectivity index (χ0v) is 10.1. The Bertz CT molecular complexity index is 494. The van der Waals surface area contributed by atoms with Gasteiger partial charge in [-0.3, -0.25) is 9.59 Å². The summed E-state index contributed by atoms with van der Waals surface area (Å²) in [5.74, 6) is 0.342. The molecule has 0 aliphatic heterocycles. The number of hydrogen-bond acceptors (Lipinski definition) is 2. The predicted octanol–water partition coefficient (Wildman–Crippen LogP) is 1.24. The third-order valence-electron chi connectivity index (χ3n) is 2.13. The summed E-state index contributed by atoms with van der Waals surface area (Å²) in [6, 6.07) is 0. The normalized spacial score (nSPS) is 10.8. The molecule has 0 atom stereocenters. The minimum absolute atomic E-state index is 0.342. The van der Waals surface area contributed by atoms with Crippen LogP contribution in [0.1, 0.15) is 20.8 Å². The molecule has 0 unspecified atom stereocenters. The average Bonchev–Trinajstić information content (AvgIpc) is 2.16. The van der Waals surface area contributed by atoms with E-state index in [4.69, 9.17) is 0 Å². The fourth-order valence-corrected chi connectivity index (χ4v) is 1.49. The molecule has 88 valence electrons. The molecule has 0 amide bonds. The van der Waals surface area contributed by atoms with Crippen LogP contribution in [0.3, 0.4) is 0 Å². The Labute approximate surface area is 94.8 Å². The number of hydrogen-bond donors (Lipinski definition) is 0. The lowest BCUT2D eigenvalue weighted by Crippen LogP contribution is -2.41. The van der Waals surface area contributed by atoms with Crippen molar-refractivity contribution < 1.29 is 0 Å². The molecule has 1 aromatic heterocycles. The highest BCUT2D eigenvalue weighted by Crippen LogP contribution is 1.95. The second kappa shape index (κ2) is 4.96. The topological polar surface area (TPSA) is 44.0 Å². The highest BCUT2D eigenvalue weighted by atomic mass is 16.2. The van der Waals surface area contributed by atoms with Crippen LogP contribution in [-0.2, 0) is 13.1 Å². The molecule has 1 aromatic rings. The van der Waals surface area contributed by atoms with Gasteiger partial charge in [-0.05, 0) is 12.8 Å². The zero-order chi connectivity index (χ0) is 12.3. The van der Waals surface area contributed by atoms with E-state index in [2.05, 4.69) is 6.58 Å². The van der Waals surface area contributed by atoms with Gasteiger partial charge in [0.2, 0.25) is 0 Å². The summed E-state index contributed by atoms with van der Waals surface area (Å²) >= 11 is 0. The number of aromatic nitrogens is 2. The summed E-state index contributed by atoms with van der Waals surface area (Å²) in [5, 5.41) is 0. The van der Waals surface area contributed by atoms with Crippen LogP contribution in [0.4, 0.5) is 0 Å². The van der Waals surface area contributed by atoms with E-state index in [0.29, 0.717) is 19.0 Å². The van der Waals surface area contributed by atoms with Crippen molar-refractivity contribution in [1.29, 1.82) is 0 Å². The third-order valence-corrected chi connectivity index (χ3v) is 2.13. The van der Waals surface area contributed by atoms with Crippen molar-refractivity contribution >= 4 is 0 Å². The summed E-state index contributed by atoms with van der Waals surface area (Å²) in [4.78, 5) is 23.4. The van der Waals surface area contributed by atoms with Gasteiger partial charge in [-0.25, -0.2) is 0 Å². The highest BCUT2D eigenvalue weighted by molar-refractivity contribution is 4.94. The van der Waals surface area contributed by atoms with E-state index >= 15 is 0 Å². The molecule has 0 bridgehead atoms. The van der Waals surface area contributed by atoms with Gasteiger partial charge >= 0.3 is 11.1 Å². The van der Waals surface area contributed by atoms with Gasteiger partial charge in [0.1, 0.15) is 0 Å². The molecule has 0 saturated carbocycles. The molecule has 0 aromatic carbocycles. The standard InChI is InChI=1S/C12H18N2O2/c1-9(2)7-13-5-6-14(8-10(3)4)12(16)11(13)15/h5-6,10H,1,7-8H2,2-4H3. The SMILES string of the molecule is C=C(C)Cn1ccn(CC(C)C)c(=O)c1=O. The molecule has 4 heteroatoms. The summed E-state index contributed by atoms with van der Waals surface area (Å²) in [6.45, 7) is 10.5. The van der Waals surface area contributed by atoms with Gasteiger partial charge in [-0.15, -0.1) is 0 Å². The minimum Gasteiger partial charge on any atom is -0.309 e. The molecule has 0 aliphatic rings. The van der Waals surface area contributed by atoms with Gasteiger partial charge < -0.3 is 9.13 Å². The van der Waals surface area contributed by atoms with Crippen LogP contribution >= 0.6 is 0 Å². The number of rotatable bonds is 4. The second-order valence-electron chi connectivity index (χ2n) is 4.54. The van der Waals surface area contributed by atoms with Gasteiger partial charge in [0, 0.05) is 25.5 Å². The maximum atomic E-state index is 11.7. The Balaban J connectivity index is 3.14. The third kappa shape index (κ3) is 2.95. The fraction of sp³-hybridized carbons (Fsp3) is 0.500. The number of allylic oxidation sites excluding steroid dienone is 1. The van der Waals surface area contributed by atoms with Gasteiger partial charge in [-0.2, -0.15) is 0 Å². The summed E-state index contributed by atoms with van der Waals surface area (Å²) in [7, 11) is 0. The lowest BCUT2D eigenvalue weighted by molar-refractivity contribution is 0.499. The Hall–Kier alpha value is -1.58. The zero-order valence-electron chi connectivity index (χ0n) is 10.1. The first kappa shape index (κ1) is 12.5. The Morgan fingerprint density at radius 2 is 1.75 bits per heavy atom. The molecule has 0 saturated heterocycles. The van der Waals surface area contributed by atoms with E-state index in [1.54, 1.807) is 12.4 Å². The first-order valence-corrected chi connectivity index (χ1v) is 5.36. The summed E-state index contributed by atoms with van der Waals surface area (Å²) in [5.41, 5.74) is -0.0910. The quantitative estimate of drug-likeness (QED) is 0.568. The van der Waals surface area contributed by atoms with Crippen LogP contribution in [0.25, 0.3) is 0 Å². The summed E-state index contributed by atoms with van der Waals surface area (Å²) < 4.78 is 2.85. The van der Waals surface area contributed by atoms with Crippen molar-refractivity contribution in [1.82, 2.24) is 9.13 Å². The van der Waals surface area contributed by atoms with Crippen molar-refractivity contribution in [3.63, 3.8) is 0 Å². The molecule has 0 fully saturated rings. The minimum atomic E-state index is -0.480. The Morgan fingerprint density at radius 1 is 1.25 bits per heavy atom. The predicted molar refractivity (Wildman–Crippen MR) is 64.6 cm³/mol. The smallest absolute Gasteiger partial charge is 0.309 e. The van der Waals surface area contributed by atoms with E-state index in [1.165, 1.54) is 9.13 Å². The molecular weight excluding hydrogens is 204 g/mol. The Morgan fingerprint density at radius 3 is 2.25 bits per heavy atom. The first-order valence-electron chi connectivity index (χ1n) is 5.36. The van der Waals surface area contributed by atoms with Crippen molar-refractivity contribution in [2.24, 2.45) is 5.92 Å². The lowest BCUT2D eigenvalue weighted by atomic mass is 10.2. The molecule has 4 nitrogen and oxygen atoms in total. The van der Waals surface area contributed by atoms with E-state index in [-0.39, 0.29) is 0 Å². The van der Waals surface area contributed by atoms with E-state index in [0.717, 1.165) is 5.57 Å². The first-order chi connectivity index (χ1) is 7.41. The second-order valence-corrected chi connectivity index (χ2v) is 4.54. The highest BCUT2D eigenvalue weighted by Gasteiger charge is 2.05. The largest absolute Gasteiger partial charge is 0.316 e. The Kier molecular flexibility index (Phi) is 3.88. The fourth-order valence-electron chi connectivity index (χ4n) is 1.49. The molecule has 0 radical (unpaired) electrons. The maximum Gasteiger partial charge on any atom is 0.316 e. The average molecular weight is 222 g/mol. The van der Waals surface area contributed by atoms with Crippen molar-refractivity contribution in [3.8, 4) is 0 Å². The van der Waals surface area contributed by atoms with Crippen LogP contribution in [0.5, 0.6) is 0 Å². The summed E-state index contributed by atoms with van der Waals surface area (Å²) in [6.07, 6.45) is 3.30. The maximum absolute atomic E-state index is 11.7. The van der Waals surface area contributed by atoms with Crippen LogP contribution in [-0.4, -0.2) is 9.13 Å². The molecule has 1 rings (SSSR count). The molecule has 1 heterocycles. The van der Waals surface area contributed by atoms with Gasteiger partial charge in [0.15, 0.2) is 0 Å². The van der Waals surface area contributed by atoms with E-state index < -0.39 is 11.1 Å². The van der Waals surface area contributed by atoms with Crippen LogP contribution in [0.15, 0.2) is 34.1 Å². The molecule has 0 N–H and O–H groups in total. The van der Waals surface area contributed by atoms with Crippen molar-refractivity contribution in [2.75, 3.05) is 0 Å².